The number of carbonyl (C=O) groups is 3. The van der Waals surface area contributed by atoms with Crippen LogP contribution in [0, 0.1) is 0 Å². The fourth-order valence-electron chi connectivity index (χ4n) is 3.17. The Hall–Kier alpha value is -2.75. The molecule has 1 saturated heterocycles. The number of rotatable bonds is 3. The number of guanidine groups is 1. The van der Waals surface area contributed by atoms with Crippen molar-refractivity contribution >= 4 is 33.6 Å². The van der Waals surface area contributed by atoms with E-state index in [9.17, 15) is 22.8 Å². The normalized spacial score (nSPS) is 23.2. The zero-order valence-corrected chi connectivity index (χ0v) is 16.5. The molecule has 0 aromatic heterocycles. The first kappa shape index (κ1) is 20.0. The molecule has 0 spiro atoms. The monoisotopic (exact) mass is 406 g/mol. The van der Waals surface area contributed by atoms with Crippen molar-refractivity contribution < 1.29 is 22.8 Å². The lowest BCUT2D eigenvalue weighted by Crippen LogP contribution is -2.59. The first-order valence-electron chi connectivity index (χ1n) is 8.98. The summed E-state index contributed by atoms with van der Waals surface area (Å²) in [6, 6.07) is 7.10. The molecule has 28 heavy (non-hydrogen) atoms. The van der Waals surface area contributed by atoms with Crippen molar-refractivity contribution in [3.05, 3.63) is 35.9 Å². The lowest BCUT2D eigenvalue weighted by atomic mass is 10.1. The summed E-state index contributed by atoms with van der Waals surface area (Å²) < 4.78 is 25.8. The van der Waals surface area contributed by atoms with E-state index in [-0.39, 0.29) is 18.3 Å². The molecule has 3 rings (SSSR count). The third kappa shape index (κ3) is 3.77. The zero-order valence-electron chi connectivity index (χ0n) is 15.7. The summed E-state index contributed by atoms with van der Waals surface area (Å²) in [7, 11) is -2.36. The Balaban J connectivity index is 1.88. The number of likely N-dealkylation sites (N-methyl/N-ethyl adjacent to an activating group) is 1. The summed E-state index contributed by atoms with van der Waals surface area (Å²) in [6.07, 6.45) is 1.12. The number of ketones is 1. The van der Waals surface area contributed by atoms with E-state index in [1.807, 2.05) is 30.3 Å². The van der Waals surface area contributed by atoms with E-state index in [2.05, 4.69) is 10.3 Å². The molecule has 1 fully saturated rings. The van der Waals surface area contributed by atoms with Crippen molar-refractivity contribution in [2.24, 2.45) is 4.99 Å². The minimum atomic E-state index is -3.65. The van der Waals surface area contributed by atoms with Crippen LogP contribution in [0.4, 0.5) is 0 Å². The predicted molar refractivity (Wildman–Crippen MR) is 102 cm³/mol. The average molecular weight is 406 g/mol. The van der Waals surface area contributed by atoms with Gasteiger partial charge in [-0.1, -0.05) is 30.3 Å². The number of aliphatic imine (C=N–C) groups is 1. The number of hydrogen-bond donors (Lipinski definition) is 1. The van der Waals surface area contributed by atoms with Crippen LogP contribution in [0.3, 0.4) is 0 Å². The lowest BCUT2D eigenvalue weighted by molar-refractivity contribution is -0.145. The van der Waals surface area contributed by atoms with Crippen LogP contribution < -0.4 is 5.32 Å². The van der Waals surface area contributed by atoms with Gasteiger partial charge < -0.3 is 5.32 Å². The van der Waals surface area contributed by atoms with Gasteiger partial charge in [0.25, 0.3) is 17.6 Å². The van der Waals surface area contributed by atoms with Crippen LogP contribution in [0.2, 0.25) is 0 Å². The number of sulfonamides is 1. The van der Waals surface area contributed by atoms with Gasteiger partial charge in [0.2, 0.25) is 16.0 Å². The molecule has 150 valence electrons. The molecule has 1 N–H and O–H groups in total. The Morgan fingerprint density at radius 1 is 1.21 bits per heavy atom. The number of Topliss-reactive ketones (excluding diaryl/α,β-unsaturated/α-hetero) is 1. The Morgan fingerprint density at radius 2 is 1.89 bits per heavy atom. The smallest absolute Gasteiger partial charge is 0.299 e. The van der Waals surface area contributed by atoms with Gasteiger partial charge in [0.05, 0.1) is 11.8 Å². The molecule has 10 heteroatoms. The van der Waals surface area contributed by atoms with E-state index in [0.717, 1.165) is 14.8 Å². The maximum atomic E-state index is 12.7. The molecule has 2 aliphatic heterocycles. The molecule has 1 aromatic carbocycles. The molecule has 0 saturated carbocycles. The molecule has 9 nitrogen and oxygen atoms in total. The predicted octanol–water partition coefficient (Wildman–Crippen LogP) is 0.0551. The molecule has 0 bridgehead atoms. The largest absolute Gasteiger partial charge is 0.347 e. The topological polar surface area (TPSA) is 116 Å². The van der Waals surface area contributed by atoms with E-state index < -0.39 is 39.7 Å². The fraction of sp³-hybridized carbons (Fsp3) is 0.444. The molecule has 2 aliphatic rings. The number of amides is 2. The molecule has 2 unspecified atom stereocenters. The van der Waals surface area contributed by atoms with Crippen LogP contribution in [0.5, 0.6) is 0 Å². The van der Waals surface area contributed by atoms with Crippen molar-refractivity contribution in [3.8, 4) is 0 Å². The van der Waals surface area contributed by atoms with Gasteiger partial charge >= 0.3 is 0 Å². The number of nitrogens with one attached hydrogen (secondary N) is 1. The van der Waals surface area contributed by atoms with Crippen molar-refractivity contribution in [3.63, 3.8) is 0 Å². The van der Waals surface area contributed by atoms with Crippen molar-refractivity contribution in [1.82, 2.24) is 14.5 Å². The van der Waals surface area contributed by atoms with Gasteiger partial charge in [-0.05, 0) is 25.3 Å². The second-order valence-corrected chi connectivity index (χ2v) is 8.81. The first-order chi connectivity index (χ1) is 13.2. The zero-order chi connectivity index (χ0) is 20.5. The molecule has 2 atom stereocenters. The number of nitrogens with zero attached hydrogens (tertiary/aromatic N) is 3. The number of carbonyl (C=O) groups excluding carboxylic acids is 3. The van der Waals surface area contributed by atoms with E-state index in [4.69, 9.17) is 0 Å². The van der Waals surface area contributed by atoms with Crippen LogP contribution in [-0.4, -0.2) is 66.6 Å². The maximum Gasteiger partial charge on any atom is 0.299 e. The van der Waals surface area contributed by atoms with Gasteiger partial charge in [-0.2, -0.15) is 0 Å². The molecule has 0 radical (unpaired) electrons. The van der Waals surface area contributed by atoms with E-state index in [1.165, 1.54) is 7.05 Å². The van der Waals surface area contributed by atoms with E-state index in [1.54, 1.807) is 6.92 Å². The van der Waals surface area contributed by atoms with Gasteiger partial charge in [0.15, 0.2) is 6.04 Å². The van der Waals surface area contributed by atoms with Crippen LogP contribution in [0.25, 0.3) is 0 Å². The summed E-state index contributed by atoms with van der Waals surface area (Å²) in [6.45, 7) is 1.90. The summed E-state index contributed by atoms with van der Waals surface area (Å²) >= 11 is 0. The molecule has 1 aromatic rings. The Bertz CT molecular complexity index is 929. The SMILES string of the molecule is CC(NC(=O)C1N=C(N2CCCCS2(=O)=O)N(C)C(=O)C1=O)c1ccccc1. The molecule has 2 heterocycles. The van der Waals surface area contributed by atoms with Crippen molar-refractivity contribution in [1.29, 1.82) is 0 Å². The molecule has 0 aliphatic carbocycles. The third-order valence-electron chi connectivity index (χ3n) is 4.79. The van der Waals surface area contributed by atoms with Gasteiger partial charge in [-0.25, -0.2) is 17.7 Å². The summed E-state index contributed by atoms with van der Waals surface area (Å²) in [5, 5.41) is 2.67. The average Bonchev–Trinajstić information content (AvgIpc) is 2.67. The van der Waals surface area contributed by atoms with Gasteiger partial charge in [0.1, 0.15) is 0 Å². The Labute approximate surface area is 163 Å². The van der Waals surface area contributed by atoms with Gasteiger partial charge in [-0.3, -0.25) is 19.3 Å². The Kier molecular flexibility index (Phi) is 5.50. The third-order valence-corrected chi connectivity index (χ3v) is 6.61. The van der Waals surface area contributed by atoms with Crippen LogP contribution >= 0.6 is 0 Å². The van der Waals surface area contributed by atoms with E-state index in [0.29, 0.717) is 12.8 Å². The highest BCUT2D eigenvalue weighted by molar-refractivity contribution is 7.89. The van der Waals surface area contributed by atoms with Crippen LogP contribution in [0.15, 0.2) is 35.3 Å². The Morgan fingerprint density at radius 3 is 2.54 bits per heavy atom. The summed E-state index contributed by atoms with van der Waals surface area (Å²) in [5.41, 5.74) is 0.824. The molecular formula is C18H22N4O5S. The van der Waals surface area contributed by atoms with Crippen LogP contribution in [0.1, 0.15) is 31.4 Å². The first-order valence-corrected chi connectivity index (χ1v) is 10.6. The number of benzene rings is 1. The highest BCUT2D eigenvalue weighted by Crippen LogP contribution is 2.20. The highest BCUT2D eigenvalue weighted by atomic mass is 32.2. The quantitative estimate of drug-likeness (QED) is 0.563. The standard InChI is InChI=1S/C18H22N4O5S/c1-12(13-8-4-3-5-9-13)19-16(24)14-15(23)17(25)21(2)18(20-14)22-10-6-7-11-28(22,26)27/h3-5,8-9,12,14H,6-7,10-11H2,1-2H3,(H,19,24). The minimum absolute atomic E-state index is 0.0656. The van der Waals surface area contributed by atoms with E-state index >= 15 is 0 Å². The van der Waals surface area contributed by atoms with Gasteiger partial charge in [0, 0.05) is 13.6 Å². The van der Waals surface area contributed by atoms with Gasteiger partial charge in [-0.15, -0.1) is 0 Å². The number of hydrogen-bond acceptors (Lipinski definition) is 6. The summed E-state index contributed by atoms with van der Waals surface area (Å²) in [5.74, 6) is -2.94. The highest BCUT2D eigenvalue weighted by Gasteiger charge is 2.43. The van der Waals surface area contributed by atoms with Crippen molar-refractivity contribution in [2.45, 2.75) is 31.8 Å². The lowest BCUT2D eigenvalue weighted by Gasteiger charge is -2.35. The fourth-order valence-corrected chi connectivity index (χ4v) is 4.79. The van der Waals surface area contributed by atoms with Crippen molar-refractivity contribution in [2.75, 3.05) is 19.3 Å². The molecular weight excluding hydrogens is 384 g/mol. The second-order valence-electron chi connectivity index (χ2n) is 6.80. The van der Waals surface area contributed by atoms with Crippen LogP contribution in [-0.2, 0) is 24.4 Å². The minimum Gasteiger partial charge on any atom is -0.347 e. The molecule has 2 amide bonds. The second kappa shape index (κ2) is 7.70. The summed E-state index contributed by atoms with van der Waals surface area (Å²) in [4.78, 5) is 42.3. The maximum absolute atomic E-state index is 12.7.